The molecular formula is C20H23NS. The number of hydrogen-bond donors (Lipinski definition) is 0. The third kappa shape index (κ3) is 2.29. The molecule has 0 aromatic heterocycles. The molecule has 0 N–H and O–H groups in total. The van der Waals surface area contributed by atoms with Gasteiger partial charge in [-0.1, -0.05) is 54.1 Å². The topological polar surface area (TPSA) is 3.24 Å². The molecule has 0 unspecified atom stereocenters. The Morgan fingerprint density at radius 3 is 2.41 bits per heavy atom. The lowest BCUT2D eigenvalue weighted by molar-refractivity contribution is 0.241. The first-order valence-electron chi connectivity index (χ1n) is 8.20. The summed E-state index contributed by atoms with van der Waals surface area (Å²) in [4.78, 5) is 2.47. The Hall–Kier alpha value is -1.25. The number of aryl methyl sites for hydroxylation is 1. The second-order valence-electron chi connectivity index (χ2n) is 6.79. The van der Waals surface area contributed by atoms with Crippen LogP contribution in [0.5, 0.6) is 0 Å². The lowest BCUT2D eigenvalue weighted by Crippen LogP contribution is -2.37. The molecular weight excluding hydrogens is 286 g/mol. The van der Waals surface area contributed by atoms with Crippen LogP contribution in [0.2, 0.25) is 0 Å². The Morgan fingerprint density at radius 2 is 1.68 bits per heavy atom. The number of piperidine rings is 1. The Bertz CT molecular complexity index is 668. The van der Waals surface area contributed by atoms with E-state index in [-0.39, 0.29) is 0 Å². The van der Waals surface area contributed by atoms with Crippen molar-refractivity contribution in [3.05, 3.63) is 70.8 Å². The Morgan fingerprint density at radius 1 is 1.00 bits per heavy atom. The minimum atomic E-state index is 0.332. The van der Waals surface area contributed by atoms with Gasteiger partial charge in [0, 0.05) is 4.75 Å². The van der Waals surface area contributed by atoms with Crippen molar-refractivity contribution in [1.82, 2.24) is 4.90 Å². The second-order valence-corrected chi connectivity index (χ2v) is 8.28. The minimum absolute atomic E-state index is 0.332. The van der Waals surface area contributed by atoms with Crippen LogP contribution in [0.15, 0.2) is 48.5 Å². The summed E-state index contributed by atoms with van der Waals surface area (Å²) in [7, 11) is 2.25. The largest absolute Gasteiger partial charge is 0.306 e. The number of nitrogens with zero attached hydrogens (tertiary/aromatic N) is 1. The van der Waals surface area contributed by atoms with Crippen molar-refractivity contribution < 1.29 is 0 Å². The maximum atomic E-state index is 2.47. The van der Waals surface area contributed by atoms with Gasteiger partial charge in [-0.3, -0.25) is 0 Å². The van der Waals surface area contributed by atoms with E-state index >= 15 is 0 Å². The zero-order valence-electron chi connectivity index (χ0n) is 13.4. The SMILES string of the molecule is Cc1ccc([C@H]2SC3(CCN(C)CC3)c3ccccc32)cc1. The molecule has 2 aliphatic heterocycles. The molecule has 4 rings (SSSR count). The molecule has 1 saturated heterocycles. The smallest absolute Gasteiger partial charge is 0.0558 e. The van der Waals surface area contributed by atoms with Gasteiger partial charge < -0.3 is 4.90 Å². The molecule has 2 aromatic carbocycles. The molecule has 2 aromatic rings. The van der Waals surface area contributed by atoms with Crippen molar-refractivity contribution in [1.29, 1.82) is 0 Å². The maximum absolute atomic E-state index is 2.47. The highest BCUT2D eigenvalue weighted by Gasteiger charge is 2.45. The van der Waals surface area contributed by atoms with E-state index in [1.807, 2.05) is 0 Å². The highest BCUT2D eigenvalue weighted by atomic mass is 32.2. The highest BCUT2D eigenvalue weighted by molar-refractivity contribution is 8.01. The number of likely N-dealkylation sites (tertiary alicyclic amines) is 1. The number of benzene rings is 2. The van der Waals surface area contributed by atoms with Gasteiger partial charge in [0.15, 0.2) is 0 Å². The van der Waals surface area contributed by atoms with Crippen LogP contribution in [-0.4, -0.2) is 25.0 Å². The standard InChI is InChI=1S/C20H23NS/c1-15-7-9-16(10-8-15)19-17-5-3-4-6-18(17)20(22-19)11-13-21(2)14-12-20/h3-10,19H,11-14H2,1-2H3/t19-/m1/s1. The summed E-state index contributed by atoms with van der Waals surface area (Å²) in [5.74, 6) is 0. The lowest BCUT2D eigenvalue weighted by Gasteiger charge is -2.38. The van der Waals surface area contributed by atoms with Gasteiger partial charge in [-0.15, -0.1) is 11.8 Å². The molecule has 0 bridgehead atoms. The molecule has 114 valence electrons. The fraction of sp³-hybridized carbons (Fsp3) is 0.400. The van der Waals surface area contributed by atoms with Crippen LogP contribution in [0.3, 0.4) is 0 Å². The Labute approximate surface area is 137 Å². The van der Waals surface area contributed by atoms with Gasteiger partial charge in [0.1, 0.15) is 0 Å². The monoisotopic (exact) mass is 309 g/mol. The third-order valence-electron chi connectivity index (χ3n) is 5.25. The van der Waals surface area contributed by atoms with Gasteiger partial charge in [0.2, 0.25) is 0 Å². The van der Waals surface area contributed by atoms with Crippen LogP contribution in [0, 0.1) is 6.92 Å². The van der Waals surface area contributed by atoms with Crippen molar-refractivity contribution >= 4 is 11.8 Å². The van der Waals surface area contributed by atoms with Crippen molar-refractivity contribution in [2.24, 2.45) is 0 Å². The summed E-state index contributed by atoms with van der Waals surface area (Å²) in [6.07, 6.45) is 2.54. The number of rotatable bonds is 1. The predicted octanol–water partition coefficient (Wildman–Crippen LogP) is 4.75. The molecule has 1 nitrogen and oxygen atoms in total. The third-order valence-corrected chi connectivity index (χ3v) is 7.09. The summed E-state index contributed by atoms with van der Waals surface area (Å²) in [6, 6.07) is 18.3. The molecule has 0 aliphatic carbocycles. The van der Waals surface area contributed by atoms with E-state index in [4.69, 9.17) is 0 Å². The van der Waals surface area contributed by atoms with Gasteiger partial charge in [-0.25, -0.2) is 0 Å². The van der Waals surface area contributed by atoms with Crippen LogP contribution in [0.25, 0.3) is 0 Å². The fourth-order valence-corrected chi connectivity index (χ4v) is 5.66. The van der Waals surface area contributed by atoms with E-state index in [0.29, 0.717) is 10.00 Å². The quantitative estimate of drug-likeness (QED) is 0.747. The average Bonchev–Trinajstić information content (AvgIpc) is 2.87. The fourth-order valence-electron chi connectivity index (χ4n) is 3.85. The van der Waals surface area contributed by atoms with Crippen LogP contribution in [-0.2, 0) is 4.75 Å². The minimum Gasteiger partial charge on any atom is -0.306 e. The number of fused-ring (bicyclic) bond motifs is 2. The second kappa shape index (κ2) is 5.43. The summed E-state index contributed by atoms with van der Waals surface area (Å²) < 4.78 is 0.332. The molecule has 0 amide bonds. The molecule has 0 radical (unpaired) electrons. The molecule has 0 saturated carbocycles. The van der Waals surface area contributed by atoms with E-state index in [0.717, 1.165) is 0 Å². The van der Waals surface area contributed by atoms with E-state index in [9.17, 15) is 0 Å². The van der Waals surface area contributed by atoms with Crippen LogP contribution >= 0.6 is 11.8 Å². The van der Waals surface area contributed by atoms with Crippen molar-refractivity contribution in [2.45, 2.75) is 29.8 Å². The van der Waals surface area contributed by atoms with Gasteiger partial charge >= 0.3 is 0 Å². The van der Waals surface area contributed by atoms with Crippen molar-refractivity contribution in [3.8, 4) is 0 Å². The normalized spacial score (nSPS) is 23.6. The van der Waals surface area contributed by atoms with Crippen molar-refractivity contribution in [3.63, 3.8) is 0 Å². The van der Waals surface area contributed by atoms with Crippen molar-refractivity contribution in [2.75, 3.05) is 20.1 Å². The van der Waals surface area contributed by atoms with Gasteiger partial charge in [0.25, 0.3) is 0 Å². The summed E-state index contributed by atoms with van der Waals surface area (Å²) in [6.45, 7) is 4.59. The summed E-state index contributed by atoms with van der Waals surface area (Å²) in [5.41, 5.74) is 5.94. The molecule has 2 heterocycles. The van der Waals surface area contributed by atoms with Crippen LogP contribution < -0.4 is 0 Å². The van der Waals surface area contributed by atoms with E-state index < -0.39 is 0 Å². The maximum Gasteiger partial charge on any atom is 0.0558 e. The van der Waals surface area contributed by atoms with Gasteiger partial charge in [0.05, 0.1) is 5.25 Å². The average molecular weight is 309 g/mol. The number of hydrogen-bond acceptors (Lipinski definition) is 2. The first-order chi connectivity index (χ1) is 10.7. The molecule has 1 fully saturated rings. The molecule has 22 heavy (non-hydrogen) atoms. The molecule has 2 heteroatoms. The summed E-state index contributed by atoms with van der Waals surface area (Å²) in [5, 5.41) is 0.500. The van der Waals surface area contributed by atoms with Gasteiger partial charge in [-0.2, -0.15) is 0 Å². The Kier molecular flexibility index (Phi) is 3.54. The van der Waals surface area contributed by atoms with E-state index in [1.54, 1.807) is 11.1 Å². The first-order valence-corrected chi connectivity index (χ1v) is 9.08. The van der Waals surface area contributed by atoms with E-state index in [2.05, 4.69) is 79.2 Å². The highest BCUT2D eigenvalue weighted by Crippen LogP contribution is 2.61. The zero-order valence-corrected chi connectivity index (χ0v) is 14.2. The Balaban J connectivity index is 1.75. The van der Waals surface area contributed by atoms with Crippen LogP contribution in [0.1, 0.15) is 40.3 Å². The molecule has 1 spiro atoms. The van der Waals surface area contributed by atoms with Gasteiger partial charge in [-0.05, 0) is 56.6 Å². The zero-order chi connectivity index (χ0) is 15.2. The summed E-state index contributed by atoms with van der Waals surface area (Å²) >= 11 is 2.20. The molecule has 2 aliphatic rings. The first kappa shape index (κ1) is 14.3. The van der Waals surface area contributed by atoms with E-state index in [1.165, 1.54) is 37.1 Å². The van der Waals surface area contributed by atoms with Crippen LogP contribution in [0.4, 0.5) is 0 Å². The number of thioether (sulfide) groups is 1. The predicted molar refractivity (Wildman–Crippen MR) is 95.5 cm³/mol. The molecule has 1 atom stereocenters. The lowest BCUT2D eigenvalue weighted by atomic mass is 9.84.